The van der Waals surface area contributed by atoms with E-state index in [1.54, 1.807) is 24.8 Å². The highest BCUT2D eigenvalue weighted by atomic mass is 16.5. The number of aliphatic hydroxyl groups excluding tert-OH is 2. The number of nitrogens with zero attached hydrogens (tertiary/aromatic N) is 4. The van der Waals surface area contributed by atoms with Gasteiger partial charge >= 0.3 is 6.09 Å². The van der Waals surface area contributed by atoms with Crippen LogP contribution in [-0.2, 0) is 13.2 Å². The van der Waals surface area contributed by atoms with Crippen molar-refractivity contribution in [2.45, 2.75) is 52.3 Å². The van der Waals surface area contributed by atoms with Gasteiger partial charge in [-0.3, -0.25) is 10.00 Å². The van der Waals surface area contributed by atoms with Crippen molar-refractivity contribution >= 4 is 28.9 Å². The molecule has 33 heavy (non-hydrogen) atoms. The smallest absolute Gasteiger partial charge is 0.411 e. The third-order valence-electron chi connectivity index (χ3n) is 5.28. The largest absolute Gasteiger partial charge is 0.496 e. The first-order valence-electron chi connectivity index (χ1n) is 10.8. The van der Waals surface area contributed by atoms with Crippen LogP contribution >= 0.6 is 0 Å². The zero-order chi connectivity index (χ0) is 24.0. The van der Waals surface area contributed by atoms with Crippen LogP contribution in [0.3, 0.4) is 0 Å². The Morgan fingerprint density at radius 1 is 1.24 bits per heavy atom. The standard InChI is InChI=1S/C22H30N6O5/c1-4-5-16(8-9-29)23-20-19-18(24-21(25-20)26-22(31)32)13(2)27-28(19)11-15-7-6-14(12-30)10-17(15)33-3/h6-7,10,16,29-30H,4-5,8-9,11-12H2,1-3H3,(H,31,32)(H2,23,24,25,26). The third-order valence-corrected chi connectivity index (χ3v) is 5.28. The Kier molecular flexibility index (Phi) is 8.01. The summed E-state index contributed by atoms with van der Waals surface area (Å²) in [6.07, 6.45) is 0.959. The van der Waals surface area contributed by atoms with Gasteiger partial charge in [0.25, 0.3) is 0 Å². The van der Waals surface area contributed by atoms with E-state index in [0.717, 1.165) is 24.0 Å². The first-order chi connectivity index (χ1) is 15.9. The summed E-state index contributed by atoms with van der Waals surface area (Å²) in [6, 6.07) is 5.40. The number of carboxylic acid groups (broad SMARTS) is 1. The summed E-state index contributed by atoms with van der Waals surface area (Å²) in [5.41, 5.74) is 3.33. The maximum Gasteiger partial charge on any atom is 0.411 e. The lowest BCUT2D eigenvalue weighted by molar-refractivity contribution is 0.209. The molecule has 1 unspecified atom stereocenters. The average Bonchev–Trinajstić information content (AvgIpc) is 3.09. The molecular weight excluding hydrogens is 428 g/mol. The van der Waals surface area contributed by atoms with E-state index in [0.29, 0.717) is 41.3 Å². The summed E-state index contributed by atoms with van der Waals surface area (Å²) >= 11 is 0. The molecule has 0 aliphatic rings. The van der Waals surface area contributed by atoms with E-state index >= 15 is 0 Å². The van der Waals surface area contributed by atoms with Gasteiger partial charge in [-0.1, -0.05) is 25.5 Å². The minimum absolute atomic E-state index is 0.0127. The molecule has 1 atom stereocenters. The van der Waals surface area contributed by atoms with Gasteiger partial charge in [0, 0.05) is 18.2 Å². The van der Waals surface area contributed by atoms with Crippen molar-refractivity contribution in [3.8, 4) is 5.75 Å². The summed E-state index contributed by atoms with van der Waals surface area (Å²) < 4.78 is 7.24. The quantitative estimate of drug-likeness (QED) is 0.292. The molecule has 0 aliphatic heterocycles. The average molecular weight is 459 g/mol. The molecule has 3 aromatic rings. The van der Waals surface area contributed by atoms with Gasteiger partial charge < -0.3 is 25.4 Å². The zero-order valence-electron chi connectivity index (χ0n) is 19.0. The molecule has 0 spiro atoms. The first kappa shape index (κ1) is 24.2. The molecule has 1 aromatic carbocycles. The Bertz CT molecular complexity index is 1110. The van der Waals surface area contributed by atoms with Crippen molar-refractivity contribution < 1.29 is 24.9 Å². The summed E-state index contributed by atoms with van der Waals surface area (Å²) in [4.78, 5) is 20.0. The van der Waals surface area contributed by atoms with Gasteiger partial charge in [0.05, 0.1) is 26.0 Å². The highest BCUT2D eigenvalue weighted by Gasteiger charge is 2.21. The number of anilines is 2. The second-order valence-electron chi connectivity index (χ2n) is 7.71. The summed E-state index contributed by atoms with van der Waals surface area (Å²) in [5.74, 6) is 0.998. The highest BCUT2D eigenvalue weighted by Crippen LogP contribution is 2.29. The third kappa shape index (κ3) is 5.68. The molecule has 3 rings (SSSR count). The van der Waals surface area contributed by atoms with Crippen molar-refractivity contribution in [3.05, 3.63) is 35.0 Å². The second kappa shape index (κ2) is 10.9. The molecule has 178 valence electrons. The number of carbonyl (C=O) groups is 1. The molecule has 0 saturated carbocycles. The molecule has 0 aliphatic carbocycles. The van der Waals surface area contributed by atoms with E-state index in [2.05, 4.69) is 32.6 Å². The first-order valence-corrected chi connectivity index (χ1v) is 10.8. The minimum Gasteiger partial charge on any atom is -0.496 e. The topological polar surface area (TPSA) is 155 Å². The van der Waals surface area contributed by atoms with Crippen LogP contribution in [0.4, 0.5) is 16.6 Å². The Morgan fingerprint density at radius 3 is 2.67 bits per heavy atom. The lowest BCUT2D eigenvalue weighted by Gasteiger charge is -2.19. The monoisotopic (exact) mass is 458 g/mol. The van der Waals surface area contributed by atoms with Gasteiger partial charge in [-0.25, -0.2) is 9.78 Å². The Hall–Kier alpha value is -3.44. The minimum atomic E-state index is -1.26. The van der Waals surface area contributed by atoms with Crippen LogP contribution in [0.1, 0.15) is 43.0 Å². The maximum absolute atomic E-state index is 11.2. The van der Waals surface area contributed by atoms with Crippen LogP contribution < -0.4 is 15.4 Å². The molecule has 2 aromatic heterocycles. The maximum atomic E-state index is 11.2. The lowest BCUT2D eigenvalue weighted by Crippen LogP contribution is -2.23. The van der Waals surface area contributed by atoms with Crippen molar-refractivity contribution in [1.29, 1.82) is 0 Å². The van der Waals surface area contributed by atoms with Crippen molar-refractivity contribution in [1.82, 2.24) is 19.7 Å². The number of hydrogen-bond acceptors (Lipinski definition) is 8. The molecule has 0 saturated heterocycles. The number of aromatic nitrogens is 4. The molecule has 0 radical (unpaired) electrons. The van der Waals surface area contributed by atoms with Gasteiger partial charge in [-0.15, -0.1) is 0 Å². The molecule has 2 heterocycles. The summed E-state index contributed by atoms with van der Waals surface area (Å²) in [5, 5.41) is 38.2. The van der Waals surface area contributed by atoms with Crippen LogP contribution in [-0.4, -0.2) is 60.9 Å². The summed E-state index contributed by atoms with van der Waals surface area (Å²) in [7, 11) is 1.57. The van der Waals surface area contributed by atoms with Gasteiger partial charge in [-0.05, 0) is 31.4 Å². The molecule has 11 nitrogen and oxygen atoms in total. The van der Waals surface area contributed by atoms with Gasteiger partial charge in [0.15, 0.2) is 5.82 Å². The fourth-order valence-corrected chi connectivity index (χ4v) is 3.76. The number of ether oxygens (including phenoxy) is 1. The van der Waals surface area contributed by atoms with Gasteiger partial charge in [0.2, 0.25) is 5.95 Å². The van der Waals surface area contributed by atoms with E-state index in [-0.39, 0.29) is 25.2 Å². The number of fused-ring (bicyclic) bond motifs is 1. The molecule has 1 amide bonds. The number of amides is 1. The number of nitrogens with one attached hydrogen (secondary N) is 2. The fraction of sp³-hybridized carbons (Fsp3) is 0.455. The number of hydrogen-bond donors (Lipinski definition) is 5. The predicted molar refractivity (Wildman–Crippen MR) is 124 cm³/mol. The number of aliphatic hydroxyl groups is 2. The molecular formula is C22H30N6O5. The van der Waals surface area contributed by atoms with Crippen LogP contribution in [0, 0.1) is 6.92 Å². The molecule has 0 fully saturated rings. The second-order valence-corrected chi connectivity index (χ2v) is 7.71. The highest BCUT2D eigenvalue weighted by molar-refractivity contribution is 5.91. The fourth-order valence-electron chi connectivity index (χ4n) is 3.76. The van der Waals surface area contributed by atoms with Crippen molar-refractivity contribution in [3.63, 3.8) is 0 Å². The van der Waals surface area contributed by atoms with E-state index in [1.165, 1.54) is 0 Å². The van der Waals surface area contributed by atoms with E-state index < -0.39 is 6.09 Å². The number of aryl methyl sites for hydroxylation is 1. The van der Waals surface area contributed by atoms with Crippen LogP contribution in [0.5, 0.6) is 5.75 Å². The predicted octanol–water partition coefficient (Wildman–Crippen LogP) is 2.74. The van der Waals surface area contributed by atoms with Crippen molar-refractivity contribution in [2.24, 2.45) is 0 Å². The number of rotatable bonds is 11. The van der Waals surface area contributed by atoms with Crippen LogP contribution in [0.25, 0.3) is 11.0 Å². The van der Waals surface area contributed by atoms with E-state index in [4.69, 9.17) is 9.84 Å². The molecule has 11 heteroatoms. The molecule has 0 bridgehead atoms. The number of benzene rings is 1. The lowest BCUT2D eigenvalue weighted by atomic mass is 10.1. The summed E-state index contributed by atoms with van der Waals surface area (Å²) in [6.45, 7) is 4.12. The zero-order valence-corrected chi connectivity index (χ0v) is 19.0. The van der Waals surface area contributed by atoms with Crippen LogP contribution in [0.2, 0.25) is 0 Å². The Morgan fingerprint density at radius 2 is 2.03 bits per heavy atom. The Balaban J connectivity index is 2.11. The van der Waals surface area contributed by atoms with Crippen LogP contribution in [0.15, 0.2) is 18.2 Å². The van der Waals surface area contributed by atoms with Gasteiger partial charge in [-0.2, -0.15) is 10.1 Å². The van der Waals surface area contributed by atoms with E-state index in [9.17, 15) is 15.0 Å². The Labute approximate surface area is 191 Å². The van der Waals surface area contributed by atoms with E-state index in [1.807, 2.05) is 12.1 Å². The number of methoxy groups -OCH3 is 1. The van der Waals surface area contributed by atoms with Crippen molar-refractivity contribution in [2.75, 3.05) is 24.4 Å². The normalized spacial score (nSPS) is 12.0. The molecule has 5 N–H and O–H groups in total. The van der Waals surface area contributed by atoms with Gasteiger partial charge in [0.1, 0.15) is 16.8 Å². The SMILES string of the molecule is CCCC(CCO)Nc1nc(NC(=O)O)nc2c(C)nn(Cc3ccc(CO)cc3OC)c12.